The van der Waals surface area contributed by atoms with E-state index in [1.807, 2.05) is 11.8 Å². The van der Waals surface area contributed by atoms with E-state index in [4.69, 9.17) is 16.3 Å². The van der Waals surface area contributed by atoms with Gasteiger partial charge in [-0.25, -0.2) is 4.98 Å². The Balaban J connectivity index is 1.91. The highest BCUT2D eigenvalue weighted by atomic mass is 35.5. The molecule has 0 spiro atoms. The second-order valence-electron chi connectivity index (χ2n) is 4.70. The smallest absolute Gasteiger partial charge is 0.258 e. The average Bonchev–Trinajstić information content (AvgIpc) is 3.00. The highest BCUT2D eigenvalue weighted by Crippen LogP contribution is 2.18. The van der Waals surface area contributed by atoms with Crippen LogP contribution < -0.4 is 4.90 Å². The van der Waals surface area contributed by atoms with Crippen molar-refractivity contribution in [3.05, 3.63) is 17.9 Å². The number of halogens is 1. The first kappa shape index (κ1) is 14.1. The van der Waals surface area contributed by atoms with Gasteiger partial charge in [-0.1, -0.05) is 0 Å². The lowest BCUT2D eigenvalue weighted by Gasteiger charge is -2.36. The minimum Gasteiger partial charge on any atom is -0.394 e. The number of nitrogens with zero attached hydrogens (tertiary/aromatic N) is 7. The summed E-state index contributed by atoms with van der Waals surface area (Å²) >= 11 is 5.96. The lowest BCUT2D eigenvalue weighted by molar-refractivity contribution is -0.0425. The molecule has 1 saturated heterocycles. The molecule has 0 aliphatic carbocycles. The van der Waals surface area contributed by atoms with Crippen molar-refractivity contribution in [1.29, 1.82) is 0 Å². The van der Waals surface area contributed by atoms with Crippen LogP contribution in [0.2, 0.25) is 5.28 Å². The maximum Gasteiger partial charge on any atom is 0.258 e. The second kappa shape index (κ2) is 5.88. The summed E-state index contributed by atoms with van der Waals surface area (Å²) in [7, 11) is 0. The number of morpholine rings is 1. The van der Waals surface area contributed by atoms with Crippen LogP contribution in [0.3, 0.4) is 0 Å². The van der Waals surface area contributed by atoms with Crippen LogP contribution >= 0.6 is 11.6 Å². The number of anilines is 1. The molecule has 2 unspecified atom stereocenters. The van der Waals surface area contributed by atoms with Gasteiger partial charge in [0, 0.05) is 13.1 Å². The molecule has 1 fully saturated rings. The molecule has 1 aliphatic heterocycles. The van der Waals surface area contributed by atoms with Crippen molar-refractivity contribution in [2.75, 3.05) is 24.6 Å². The van der Waals surface area contributed by atoms with Gasteiger partial charge in [0.1, 0.15) is 12.7 Å². The van der Waals surface area contributed by atoms with Crippen molar-refractivity contribution in [2.24, 2.45) is 0 Å². The monoisotopic (exact) mass is 311 g/mol. The summed E-state index contributed by atoms with van der Waals surface area (Å²) in [6, 6.07) is 0. The number of hydrogen-bond acceptors (Lipinski definition) is 8. The predicted octanol–water partition coefficient (Wildman–Crippen LogP) is -0.308. The van der Waals surface area contributed by atoms with Gasteiger partial charge >= 0.3 is 0 Å². The van der Waals surface area contributed by atoms with Crippen molar-refractivity contribution in [1.82, 2.24) is 29.7 Å². The maximum atomic E-state index is 9.28. The molecule has 0 saturated carbocycles. The minimum atomic E-state index is -0.279. The van der Waals surface area contributed by atoms with Crippen LogP contribution in [-0.2, 0) is 4.74 Å². The Morgan fingerprint density at radius 1 is 1.33 bits per heavy atom. The Hall–Kier alpha value is -1.84. The molecule has 0 aromatic carbocycles. The number of aliphatic hydroxyl groups is 1. The number of aliphatic hydroxyl groups excluding tert-OH is 1. The van der Waals surface area contributed by atoms with Crippen molar-refractivity contribution in [2.45, 2.75) is 19.1 Å². The van der Waals surface area contributed by atoms with Crippen LogP contribution in [0.5, 0.6) is 0 Å². The fourth-order valence-electron chi connectivity index (χ4n) is 2.19. The van der Waals surface area contributed by atoms with Gasteiger partial charge in [-0.2, -0.15) is 24.7 Å². The highest BCUT2D eigenvalue weighted by molar-refractivity contribution is 6.28. The molecule has 2 aromatic heterocycles. The standard InChI is InChI=1S/C11H14ClN7O2/c1-7-2-18(3-8(4-20)21-7)10-15-9(12)16-11(17-10)19-6-13-5-14-19/h5-8,20H,2-4H2,1H3. The highest BCUT2D eigenvalue weighted by Gasteiger charge is 2.27. The zero-order chi connectivity index (χ0) is 14.8. The average molecular weight is 312 g/mol. The van der Waals surface area contributed by atoms with E-state index in [1.165, 1.54) is 17.3 Å². The minimum absolute atomic E-state index is 0.0405. The third-order valence-corrected chi connectivity index (χ3v) is 3.19. The van der Waals surface area contributed by atoms with Gasteiger partial charge < -0.3 is 14.7 Å². The van der Waals surface area contributed by atoms with Gasteiger partial charge in [-0.3, -0.25) is 0 Å². The van der Waals surface area contributed by atoms with E-state index in [0.717, 1.165) is 0 Å². The first-order valence-electron chi connectivity index (χ1n) is 6.43. The van der Waals surface area contributed by atoms with Crippen LogP contribution in [0.15, 0.2) is 12.7 Å². The summed E-state index contributed by atoms with van der Waals surface area (Å²) in [5.41, 5.74) is 0. The molecule has 0 bridgehead atoms. The largest absolute Gasteiger partial charge is 0.394 e. The summed E-state index contributed by atoms with van der Waals surface area (Å²) in [6.45, 7) is 2.96. The molecule has 2 atom stereocenters. The summed E-state index contributed by atoms with van der Waals surface area (Å²) in [6.07, 6.45) is 2.55. The van der Waals surface area contributed by atoms with Crippen molar-refractivity contribution < 1.29 is 9.84 Å². The van der Waals surface area contributed by atoms with E-state index >= 15 is 0 Å². The van der Waals surface area contributed by atoms with Crippen LogP contribution in [0, 0.1) is 0 Å². The SMILES string of the molecule is CC1CN(c2nc(Cl)nc(-n3cncn3)n2)CC(CO)O1. The zero-order valence-corrected chi connectivity index (χ0v) is 12.1. The molecular formula is C11H14ClN7O2. The molecule has 112 valence electrons. The van der Waals surface area contributed by atoms with Gasteiger partial charge in [0.2, 0.25) is 11.2 Å². The Morgan fingerprint density at radius 2 is 2.14 bits per heavy atom. The van der Waals surface area contributed by atoms with Gasteiger partial charge in [0.15, 0.2) is 0 Å². The lowest BCUT2D eigenvalue weighted by Crippen LogP contribution is -2.48. The molecule has 2 aromatic rings. The van der Waals surface area contributed by atoms with Crippen LogP contribution in [0.4, 0.5) is 5.95 Å². The molecule has 10 heteroatoms. The first-order chi connectivity index (χ1) is 10.2. The number of ether oxygens (including phenoxy) is 1. The number of hydrogen-bond donors (Lipinski definition) is 1. The van der Waals surface area contributed by atoms with Crippen LogP contribution in [0.25, 0.3) is 5.95 Å². The third-order valence-electron chi connectivity index (χ3n) is 3.02. The fraction of sp³-hybridized carbons (Fsp3) is 0.545. The first-order valence-corrected chi connectivity index (χ1v) is 6.81. The van der Waals surface area contributed by atoms with E-state index in [2.05, 4.69) is 25.0 Å². The number of rotatable bonds is 3. The van der Waals surface area contributed by atoms with E-state index in [1.54, 1.807) is 0 Å². The van der Waals surface area contributed by atoms with E-state index in [9.17, 15) is 5.11 Å². The fourth-order valence-corrected chi connectivity index (χ4v) is 2.35. The summed E-state index contributed by atoms with van der Waals surface area (Å²) < 4.78 is 7.00. The van der Waals surface area contributed by atoms with Crippen LogP contribution in [-0.4, -0.2) is 66.7 Å². The molecule has 1 N–H and O–H groups in total. The summed E-state index contributed by atoms with van der Waals surface area (Å²) in [5.74, 6) is 0.719. The van der Waals surface area contributed by atoms with E-state index in [-0.39, 0.29) is 24.1 Å². The molecule has 0 amide bonds. The van der Waals surface area contributed by atoms with Crippen molar-refractivity contribution >= 4 is 17.5 Å². The van der Waals surface area contributed by atoms with Gasteiger partial charge in [-0.05, 0) is 18.5 Å². The molecule has 9 nitrogen and oxygen atoms in total. The molecule has 0 radical (unpaired) electrons. The van der Waals surface area contributed by atoms with E-state index < -0.39 is 0 Å². The molecular weight excluding hydrogens is 298 g/mol. The van der Waals surface area contributed by atoms with E-state index in [0.29, 0.717) is 25.0 Å². The molecule has 21 heavy (non-hydrogen) atoms. The van der Waals surface area contributed by atoms with Crippen molar-refractivity contribution in [3.8, 4) is 5.95 Å². The summed E-state index contributed by atoms with van der Waals surface area (Å²) in [5, 5.41) is 13.3. The Kier molecular flexibility index (Phi) is 3.95. The summed E-state index contributed by atoms with van der Waals surface area (Å²) in [4.78, 5) is 18.3. The van der Waals surface area contributed by atoms with Crippen LogP contribution in [0.1, 0.15) is 6.92 Å². The predicted molar refractivity (Wildman–Crippen MR) is 73.4 cm³/mol. The molecule has 3 heterocycles. The quantitative estimate of drug-likeness (QED) is 0.823. The normalized spacial score (nSPS) is 22.5. The Bertz CT molecular complexity index is 609. The lowest BCUT2D eigenvalue weighted by atomic mass is 10.2. The van der Waals surface area contributed by atoms with Gasteiger partial charge in [0.05, 0.1) is 18.8 Å². The second-order valence-corrected chi connectivity index (χ2v) is 5.04. The number of aromatic nitrogens is 6. The Labute approximate surface area is 125 Å². The molecule has 1 aliphatic rings. The third kappa shape index (κ3) is 3.09. The zero-order valence-electron chi connectivity index (χ0n) is 11.3. The van der Waals surface area contributed by atoms with Gasteiger partial charge in [0.25, 0.3) is 5.95 Å². The molecule has 3 rings (SSSR count). The van der Waals surface area contributed by atoms with Gasteiger partial charge in [-0.15, -0.1) is 0 Å². The van der Waals surface area contributed by atoms with Crippen molar-refractivity contribution in [3.63, 3.8) is 0 Å². The topological polar surface area (TPSA) is 102 Å². The maximum absolute atomic E-state index is 9.28. The Morgan fingerprint density at radius 3 is 2.86 bits per heavy atom.